The van der Waals surface area contributed by atoms with E-state index in [1.807, 2.05) is 6.07 Å². The summed E-state index contributed by atoms with van der Waals surface area (Å²) in [5, 5.41) is 9.61. The van der Waals surface area contributed by atoms with Crippen LogP contribution in [0.15, 0.2) is 24.3 Å². The van der Waals surface area contributed by atoms with Crippen LogP contribution in [0.2, 0.25) is 10.0 Å². The van der Waals surface area contributed by atoms with Crippen LogP contribution < -0.4 is 4.74 Å². The average Bonchev–Trinajstić information content (AvgIpc) is 2.33. The molecule has 2 aromatic rings. The van der Waals surface area contributed by atoms with Crippen molar-refractivity contribution in [3.05, 3.63) is 45.7 Å². The summed E-state index contributed by atoms with van der Waals surface area (Å²) in [6.07, 6.45) is 0. The molecule has 90 valence electrons. The molecular formula is C12H7Cl2N3O. The topological polar surface area (TPSA) is 58.8 Å². The van der Waals surface area contributed by atoms with Crippen molar-refractivity contribution in [3.63, 3.8) is 0 Å². The van der Waals surface area contributed by atoms with Gasteiger partial charge < -0.3 is 4.74 Å². The van der Waals surface area contributed by atoms with E-state index < -0.39 is 0 Å². The Balaban J connectivity index is 2.31. The van der Waals surface area contributed by atoms with Gasteiger partial charge in [-0.05, 0) is 25.1 Å². The van der Waals surface area contributed by atoms with Crippen molar-refractivity contribution in [2.75, 3.05) is 0 Å². The summed E-state index contributed by atoms with van der Waals surface area (Å²) in [5.74, 6) is 0.457. The fraction of sp³-hybridized carbons (Fsp3) is 0.0833. The van der Waals surface area contributed by atoms with E-state index in [1.165, 1.54) is 0 Å². The molecule has 0 fully saturated rings. The molecule has 0 aliphatic heterocycles. The minimum Gasteiger partial charge on any atom is -0.424 e. The predicted octanol–water partition coefficient (Wildman–Crippen LogP) is 3.76. The number of ether oxygens (including phenoxy) is 1. The number of halogens is 2. The molecule has 1 heterocycles. The lowest BCUT2D eigenvalue weighted by atomic mass is 10.3. The number of hydrogen-bond donors (Lipinski definition) is 0. The number of nitriles is 1. The predicted molar refractivity (Wildman–Crippen MR) is 68.0 cm³/mol. The van der Waals surface area contributed by atoms with Crippen molar-refractivity contribution in [2.24, 2.45) is 0 Å². The molecule has 0 saturated carbocycles. The van der Waals surface area contributed by atoms with Crippen molar-refractivity contribution in [1.29, 1.82) is 5.26 Å². The second-order valence-electron chi connectivity index (χ2n) is 3.47. The normalized spacial score (nSPS) is 9.89. The Morgan fingerprint density at radius 1 is 1.17 bits per heavy atom. The number of aryl methyl sites for hydroxylation is 1. The highest BCUT2D eigenvalue weighted by atomic mass is 35.5. The molecule has 1 aromatic heterocycles. The van der Waals surface area contributed by atoms with E-state index in [1.54, 1.807) is 31.2 Å². The van der Waals surface area contributed by atoms with E-state index in [4.69, 9.17) is 33.2 Å². The number of hydrogen-bond acceptors (Lipinski definition) is 4. The SMILES string of the molecule is Cc1cc(C#N)nc(Oc2ccc(Cl)c(Cl)c2)n1. The molecule has 0 spiro atoms. The number of aromatic nitrogens is 2. The maximum atomic E-state index is 8.80. The minimum absolute atomic E-state index is 0.102. The summed E-state index contributed by atoms with van der Waals surface area (Å²) in [6, 6.07) is 8.42. The quantitative estimate of drug-likeness (QED) is 0.840. The molecule has 0 unspecified atom stereocenters. The molecule has 6 heteroatoms. The molecule has 0 aliphatic rings. The zero-order valence-corrected chi connectivity index (χ0v) is 10.8. The van der Waals surface area contributed by atoms with Crippen molar-refractivity contribution >= 4 is 23.2 Å². The lowest BCUT2D eigenvalue weighted by molar-refractivity contribution is 0.440. The molecule has 2 rings (SSSR count). The molecule has 0 atom stereocenters. The van der Waals surface area contributed by atoms with Gasteiger partial charge in [-0.3, -0.25) is 0 Å². The monoisotopic (exact) mass is 279 g/mol. The highest BCUT2D eigenvalue weighted by Gasteiger charge is 2.06. The third-order valence-electron chi connectivity index (χ3n) is 2.05. The van der Waals surface area contributed by atoms with Gasteiger partial charge >= 0.3 is 6.01 Å². The summed E-state index contributed by atoms with van der Waals surface area (Å²) < 4.78 is 5.42. The zero-order valence-electron chi connectivity index (χ0n) is 9.32. The van der Waals surface area contributed by atoms with Crippen molar-refractivity contribution in [2.45, 2.75) is 6.92 Å². The number of rotatable bonds is 2. The summed E-state index contributed by atoms with van der Waals surface area (Å²) in [5.41, 5.74) is 0.897. The van der Waals surface area contributed by atoms with E-state index >= 15 is 0 Å². The van der Waals surface area contributed by atoms with Crippen molar-refractivity contribution in [1.82, 2.24) is 9.97 Å². The highest BCUT2D eigenvalue weighted by molar-refractivity contribution is 6.42. The van der Waals surface area contributed by atoms with Crippen LogP contribution in [0.25, 0.3) is 0 Å². The smallest absolute Gasteiger partial charge is 0.323 e. The largest absolute Gasteiger partial charge is 0.424 e. The van der Waals surface area contributed by atoms with E-state index in [0.717, 1.165) is 0 Å². The van der Waals surface area contributed by atoms with Gasteiger partial charge in [-0.25, -0.2) is 4.98 Å². The van der Waals surface area contributed by atoms with Crippen LogP contribution in [0.4, 0.5) is 0 Å². The van der Waals surface area contributed by atoms with Gasteiger partial charge in [-0.2, -0.15) is 10.2 Å². The van der Waals surface area contributed by atoms with Crippen LogP contribution >= 0.6 is 23.2 Å². The van der Waals surface area contributed by atoms with Gasteiger partial charge in [0.25, 0.3) is 0 Å². The first-order chi connectivity index (χ1) is 8.58. The van der Waals surface area contributed by atoms with Gasteiger partial charge in [-0.1, -0.05) is 23.2 Å². The highest BCUT2D eigenvalue weighted by Crippen LogP contribution is 2.28. The maximum absolute atomic E-state index is 8.80. The second kappa shape index (κ2) is 5.21. The molecule has 0 N–H and O–H groups in total. The zero-order chi connectivity index (χ0) is 13.1. The fourth-order valence-electron chi connectivity index (χ4n) is 1.29. The molecule has 18 heavy (non-hydrogen) atoms. The fourth-order valence-corrected chi connectivity index (χ4v) is 1.58. The van der Waals surface area contributed by atoms with Crippen LogP contribution in [-0.2, 0) is 0 Å². The summed E-state index contributed by atoms with van der Waals surface area (Å²) in [6.45, 7) is 1.75. The molecule has 0 amide bonds. The Morgan fingerprint density at radius 3 is 2.61 bits per heavy atom. The minimum atomic E-state index is 0.102. The van der Waals surface area contributed by atoms with Gasteiger partial charge in [0.15, 0.2) is 0 Å². The lowest BCUT2D eigenvalue weighted by Gasteiger charge is -2.05. The Bertz CT molecular complexity index is 638. The third-order valence-corrected chi connectivity index (χ3v) is 2.79. The number of nitrogens with zero attached hydrogens (tertiary/aromatic N) is 3. The van der Waals surface area contributed by atoms with E-state index in [-0.39, 0.29) is 11.7 Å². The first kappa shape index (κ1) is 12.6. The van der Waals surface area contributed by atoms with Gasteiger partial charge in [0.1, 0.15) is 17.5 Å². The molecule has 1 aromatic carbocycles. The summed E-state index contributed by atoms with van der Waals surface area (Å²) >= 11 is 11.7. The maximum Gasteiger partial charge on any atom is 0.323 e. The lowest BCUT2D eigenvalue weighted by Crippen LogP contribution is -1.96. The van der Waals surface area contributed by atoms with Gasteiger partial charge in [0.05, 0.1) is 10.0 Å². The summed E-state index contributed by atoms with van der Waals surface area (Å²) in [4.78, 5) is 8.00. The third kappa shape index (κ3) is 2.89. The van der Waals surface area contributed by atoms with Crippen LogP contribution in [0, 0.1) is 18.3 Å². The van der Waals surface area contributed by atoms with E-state index in [0.29, 0.717) is 21.5 Å². The first-order valence-electron chi connectivity index (χ1n) is 4.97. The van der Waals surface area contributed by atoms with Crippen LogP contribution in [-0.4, -0.2) is 9.97 Å². The summed E-state index contributed by atoms with van der Waals surface area (Å²) in [7, 11) is 0. The van der Waals surface area contributed by atoms with Crippen molar-refractivity contribution < 1.29 is 4.74 Å². The van der Waals surface area contributed by atoms with Crippen LogP contribution in [0.3, 0.4) is 0 Å². The van der Waals surface area contributed by atoms with E-state index in [2.05, 4.69) is 9.97 Å². The Labute approximate surface area is 114 Å². The standard InChI is InChI=1S/C12H7Cl2N3O/c1-7-4-8(6-15)17-12(16-7)18-9-2-3-10(13)11(14)5-9/h2-5H,1H3. The van der Waals surface area contributed by atoms with Gasteiger partial charge in [-0.15, -0.1) is 0 Å². The second-order valence-corrected chi connectivity index (χ2v) is 4.28. The average molecular weight is 280 g/mol. The molecule has 0 aliphatic carbocycles. The molecular weight excluding hydrogens is 273 g/mol. The van der Waals surface area contributed by atoms with Gasteiger partial charge in [0.2, 0.25) is 0 Å². The molecule has 0 saturated heterocycles. The first-order valence-corrected chi connectivity index (χ1v) is 5.73. The molecule has 0 bridgehead atoms. The Kier molecular flexibility index (Phi) is 3.66. The number of benzene rings is 1. The van der Waals surface area contributed by atoms with Crippen LogP contribution in [0.1, 0.15) is 11.4 Å². The van der Waals surface area contributed by atoms with Gasteiger partial charge in [0, 0.05) is 11.8 Å². The molecule has 0 radical (unpaired) electrons. The Morgan fingerprint density at radius 2 is 1.94 bits per heavy atom. The Hall–Kier alpha value is -1.83. The molecule has 4 nitrogen and oxygen atoms in total. The van der Waals surface area contributed by atoms with Crippen LogP contribution in [0.5, 0.6) is 11.8 Å². The van der Waals surface area contributed by atoms with E-state index in [9.17, 15) is 0 Å². The van der Waals surface area contributed by atoms with Crippen molar-refractivity contribution in [3.8, 4) is 17.8 Å².